The molecule has 2 aliphatic heterocycles. The maximum absolute atomic E-state index is 13.4. The predicted octanol–water partition coefficient (Wildman–Crippen LogP) is 3.47. The van der Waals surface area contributed by atoms with E-state index in [1.54, 1.807) is 11.1 Å². The summed E-state index contributed by atoms with van der Waals surface area (Å²) in [5.74, 6) is 0.635. The maximum Gasteiger partial charge on any atom is 0.253 e. The molecule has 32 heavy (non-hydrogen) atoms. The highest BCUT2D eigenvalue weighted by atomic mass is 35.5. The van der Waals surface area contributed by atoms with E-state index in [4.69, 9.17) is 11.6 Å². The van der Waals surface area contributed by atoms with Crippen LogP contribution in [0.1, 0.15) is 29.6 Å². The van der Waals surface area contributed by atoms with Crippen LogP contribution in [0.4, 0.5) is 10.2 Å². The molecule has 1 aromatic heterocycles. The smallest absolute Gasteiger partial charge is 0.253 e. The number of carbonyl (C=O) groups is 2. The quantitative estimate of drug-likeness (QED) is 0.709. The van der Waals surface area contributed by atoms with Gasteiger partial charge in [-0.15, -0.1) is 0 Å². The van der Waals surface area contributed by atoms with Crippen LogP contribution in [0.3, 0.4) is 0 Å². The van der Waals surface area contributed by atoms with Gasteiger partial charge in [0.05, 0.1) is 5.02 Å². The molecule has 0 unspecified atom stereocenters. The van der Waals surface area contributed by atoms with Crippen molar-refractivity contribution in [3.8, 4) is 0 Å². The van der Waals surface area contributed by atoms with Gasteiger partial charge >= 0.3 is 0 Å². The molecule has 5 rings (SSSR count). The summed E-state index contributed by atoms with van der Waals surface area (Å²) in [6.07, 6.45) is 4.37. The number of pyridine rings is 1. The van der Waals surface area contributed by atoms with Gasteiger partial charge in [0, 0.05) is 56.9 Å². The molecular weight excluding hydrogens is 431 g/mol. The fourth-order valence-corrected chi connectivity index (χ4v) is 5.31. The summed E-state index contributed by atoms with van der Waals surface area (Å²) in [4.78, 5) is 36.3. The number of piperazine rings is 1. The van der Waals surface area contributed by atoms with Crippen molar-refractivity contribution < 1.29 is 14.0 Å². The Morgan fingerprint density at radius 3 is 2.41 bits per heavy atom. The number of benzene rings is 1. The molecule has 2 saturated heterocycles. The largest absolute Gasteiger partial charge is 0.353 e. The third-order valence-electron chi connectivity index (χ3n) is 7.27. The molecule has 2 amide bonds. The Morgan fingerprint density at radius 1 is 1.00 bits per heavy atom. The van der Waals surface area contributed by atoms with Gasteiger partial charge in [-0.3, -0.25) is 9.59 Å². The number of rotatable bonds is 3. The van der Waals surface area contributed by atoms with Gasteiger partial charge in [-0.05, 0) is 55.0 Å². The lowest BCUT2D eigenvalue weighted by molar-refractivity contribution is -0.134. The van der Waals surface area contributed by atoms with Crippen molar-refractivity contribution in [2.45, 2.75) is 19.3 Å². The van der Waals surface area contributed by atoms with Crippen molar-refractivity contribution in [1.29, 1.82) is 0 Å². The van der Waals surface area contributed by atoms with Crippen LogP contribution >= 0.6 is 11.6 Å². The van der Waals surface area contributed by atoms with Crippen molar-refractivity contribution in [3.05, 3.63) is 59.0 Å². The first-order chi connectivity index (χ1) is 15.5. The summed E-state index contributed by atoms with van der Waals surface area (Å²) in [6.45, 7) is 4.27. The van der Waals surface area contributed by atoms with E-state index in [2.05, 4.69) is 9.88 Å². The molecule has 3 fully saturated rings. The van der Waals surface area contributed by atoms with Gasteiger partial charge in [0.25, 0.3) is 5.91 Å². The highest BCUT2D eigenvalue weighted by Crippen LogP contribution is 2.60. The van der Waals surface area contributed by atoms with Crippen molar-refractivity contribution in [2.24, 2.45) is 11.3 Å². The molecule has 1 saturated carbocycles. The van der Waals surface area contributed by atoms with E-state index in [0.29, 0.717) is 18.7 Å². The summed E-state index contributed by atoms with van der Waals surface area (Å²) in [5.41, 5.74) is 0.438. The number of halogens is 2. The summed E-state index contributed by atoms with van der Waals surface area (Å²) in [6, 6.07) is 9.98. The van der Waals surface area contributed by atoms with Crippen molar-refractivity contribution in [1.82, 2.24) is 14.8 Å². The van der Waals surface area contributed by atoms with Crippen LogP contribution < -0.4 is 4.90 Å². The molecule has 0 radical (unpaired) electrons. The molecule has 1 spiro atoms. The van der Waals surface area contributed by atoms with E-state index in [1.807, 2.05) is 23.1 Å². The zero-order valence-corrected chi connectivity index (χ0v) is 18.6. The Kier molecular flexibility index (Phi) is 5.53. The average Bonchev–Trinajstić information content (AvgIpc) is 3.54. The molecule has 1 aromatic carbocycles. The van der Waals surface area contributed by atoms with Gasteiger partial charge in [0.2, 0.25) is 5.91 Å². The van der Waals surface area contributed by atoms with E-state index in [-0.39, 0.29) is 28.2 Å². The Bertz CT molecular complexity index is 1020. The third-order valence-corrected chi connectivity index (χ3v) is 7.56. The van der Waals surface area contributed by atoms with Crippen molar-refractivity contribution in [2.75, 3.05) is 44.2 Å². The van der Waals surface area contributed by atoms with Crippen LogP contribution in [-0.2, 0) is 4.79 Å². The number of amides is 2. The number of aromatic nitrogens is 1. The lowest BCUT2D eigenvalue weighted by atomic mass is 9.90. The first-order valence-electron chi connectivity index (χ1n) is 11.2. The molecule has 0 N–H and O–H groups in total. The minimum absolute atomic E-state index is 0.0342. The maximum atomic E-state index is 13.4. The summed E-state index contributed by atoms with van der Waals surface area (Å²) in [7, 11) is 0. The topological polar surface area (TPSA) is 56.8 Å². The molecule has 6 nitrogen and oxygen atoms in total. The molecule has 2 aromatic rings. The minimum Gasteiger partial charge on any atom is -0.353 e. The number of likely N-dealkylation sites (tertiary alicyclic amines) is 1. The molecule has 3 heterocycles. The van der Waals surface area contributed by atoms with Crippen LogP contribution in [0.25, 0.3) is 0 Å². The van der Waals surface area contributed by atoms with Gasteiger partial charge in [-0.2, -0.15) is 0 Å². The van der Waals surface area contributed by atoms with Gasteiger partial charge in [0.15, 0.2) is 0 Å². The van der Waals surface area contributed by atoms with Crippen LogP contribution in [-0.4, -0.2) is 65.9 Å². The number of carbonyl (C=O) groups excluding carboxylic acids is 2. The first-order valence-corrected chi connectivity index (χ1v) is 11.5. The average molecular weight is 457 g/mol. The second kappa shape index (κ2) is 8.35. The van der Waals surface area contributed by atoms with E-state index in [9.17, 15) is 14.0 Å². The molecule has 0 bridgehead atoms. The molecule has 1 aliphatic carbocycles. The Labute approximate surface area is 192 Å². The zero-order valence-electron chi connectivity index (χ0n) is 17.8. The fraction of sp³-hybridized carbons (Fsp3) is 0.458. The lowest BCUT2D eigenvalue weighted by Crippen LogP contribution is -2.50. The van der Waals surface area contributed by atoms with Gasteiger partial charge in [-0.1, -0.05) is 17.7 Å². The molecule has 3 aliphatic rings. The SMILES string of the molecule is O=C(c1ccc(F)c(Cl)c1)N1CCC2(CC1)C[C@H]2C(=O)N1CCN(c2ccccn2)CC1. The fourth-order valence-electron chi connectivity index (χ4n) is 5.13. The molecule has 8 heteroatoms. The number of nitrogens with zero attached hydrogens (tertiary/aromatic N) is 4. The highest BCUT2D eigenvalue weighted by molar-refractivity contribution is 6.31. The van der Waals surface area contributed by atoms with Crippen molar-refractivity contribution >= 4 is 29.2 Å². The summed E-state index contributed by atoms with van der Waals surface area (Å²) < 4.78 is 13.4. The lowest BCUT2D eigenvalue weighted by Gasteiger charge is -2.37. The molecular formula is C24H26ClFN4O2. The van der Waals surface area contributed by atoms with Crippen molar-refractivity contribution in [3.63, 3.8) is 0 Å². The standard InChI is InChI=1S/C24H26ClFN4O2/c25-19-15-17(4-5-20(19)26)22(31)29-9-6-24(7-10-29)16-18(24)23(32)30-13-11-28(12-14-30)21-3-1-2-8-27-21/h1-5,8,15,18H,6-7,9-14,16H2/t18-/m0/s1. The Balaban J connectivity index is 1.14. The highest BCUT2D eigenvalue weighted by Gasteiger charge is 2.59. The number of hydrogen-bond donors (Lipinski definition) is 0. The van der Waals surface area contributed by atoms with E-state index in [0.717, 1.165) is 51.3 Å². The van der Waals surface area contributed by atoms with E-state index >= 15 is 0 Å². The molecule has 1 atom stereocenters. The molecule has 168 valence electrons. The second-order valence-electron chi connectivity index (χ2n) is 9.04. The predicted molar refractivity (Wildman–Crippen MR) is 120 cm³/mol. The minimum atomic E-state index is -0.527. The normalized spacial score (nSPS) is 22.2. The van der Waals surface area contributed by atoms with Gasteiger partial charge in [0.1, 0.15) is 11.6 Å². The Hall–Kier alpha value is -2.67. The Morgan fingerprint density at radius 2 is 1.75 bits per heavy atom. The number of anilines is 1. The van der Waals surface area contributed by atoms with Crippen LogP contribution in [0.15, 0.2) is 42.6 Å². The van der Waals surface area contributed by atoms with Crippen LogP contribution in [0, 0.1) is 17.2 Å². The van der Waals surface area contributed by atoms with Gasteiger partial charge in [-0.25, -0.2) is 9.37 Å². The van der Waals surface area contributed by atoms with Crippen LogP contribution in [0.5, 0.6) is 0 Å². The summed E-state index contributed by atoms with van der Waals surface area (Å²) in [5, 5.41) is -0.0414. The first kappa shape index (κ1) is 21.2. The van der Waals surface area contributed by atoms with Gasteiger partial charge < -0.3 is 14.7 Å². The zero-order chi connectivity index (χ0) is 22.3. The summed E-state index contributed by atoms with van der Waals surface area (Å²) >= 11 is 5.83. The monoisotopic (exact) mass is 456 g/mol. The number of piperidine rings is 1. The van der Waals surface area contributed by atoms with E-state index in [1.165, 1.54) is 18.2 Å². The second-order valence-corrected chi connectivity index (χ2v) is 9.45. The third kappa shape index (κ3) is 3.94. The van der Waals surface area contributed by atoms with E-state index < -0.39 is 5.82 Å². The number of hydrogen-bond acceptors (Lipinski definition) is 4. The van der Waals surface area contributed by atoms with Crippen LogP contribution in [0.2, 0.25) is 5.02 Å².